The van der Waals surface area contributed by atoms with Crippen LogP contribution < -0.4 is 4.90 Å². The van der Waals surface area contributed by atoms with Crippen molar-refractivity contribution in [2.24, 2.45) is 0 Å². The predicted octanol–water partition coefficient (Wildman–Crippen LogP) is 7.00. The summed E-state index contributed by atoms with van der Waals surface area (Å²) in [6.07, 6.45) is 1.46. The number of fused-ring (bicyclic) bond motifs is 1. The van der Waals surface area contributed by atoms with Gasteiger partial charge in [-0.3, -0.25) is 9.78 Å². The highest BCUT2D eigenvalue weighted by atomic mass is 35.5. The standard InChI is InChI=1S/C26H17ClFN3OS/c27-18-10-8-17(9-11-18)25-13-12-21(33-25)16-31(20-5-3-4-19(28)14-20)26(32)24-15-29-22-6-1-2-7-23(22)30-24/h1-15H,16H2. The summed E-state index contributed by atoms with van der Waals surface area (Å²) in [4.78, 5) is 25.9. The Hall–Kier alpha value is -3.61. The minimum absolute atomic E-state index is 0.201. The fourth-order valence-corrected chi connectivity index (χ4v) is 4.64. The lowest BCUT2D eigenvalue weighted by Gasteiger charge is -2.22. The Kier molecular flexibility index (Phi) is 5.86. The third-order valence-electron chi connectivity index (χ3n) is 5.14. The van der Waals surface area contributed by atoms with Gasteiger partial charge >= 0.3 is 0 Å². The van der Waals surface area contributed by atoms with Gasteiger partial charge in [0.25, 0.3) is 5.91 Å². The lowest BCUT2D eigenvalue weighted by Crippen LogP contribution is -2.31. The van der Waals surface area contributed by atoms with Gasteiger partial charge in [-0.25, -0.2) is 9.37 Å². The number of amides is 1. The molecule has 7 heteroatoms. The third-order valence-corrected chi connectivity index (χ3v) is 6.51. The molecule has 33 heavy (non-hydrogen) atoms. The lowest BCUT2D eigenvalue weighted by atomic mass is 10.2. The van der Waals surface area contributed by atoms with Crippen molar-refractivity contribution in [1.29, 1.82) is 0 Å². The van der Waals surface area contributed by atoms with Gasteiger partial charge in [0.15, 0.2) is 0 Å². The van der Waals surface area contributed by atoms with Crippen LogP contribution in [0.25, 0.3) is 21.5 Å². The molecule has 0 bridgehead atoms. The van der Waals surface area contributed by atoms with E-state index in [0.717, 1.165) is 15.3 Å². The molecule has 0 spiro atoms. The fourth-order valence-electron chi connectivity index (χ4n) is 3.51. The summed E-state index contributed by atoms with van der Waals surface area (Å²) in [5.74, 6) is -0.761. The van der Waals surface area contributed by atoms with E-state index in [1.807, 2.05) is 60.7 Å². The first kappa shape index (κ1) is 21.2. The number of hydrogen-bond acceptors (Lipinski definition) is 4. The second-order valence-electron chi connectivity index (χ2n) is 7.39. The molecular weight excluding hydrogens is 457 g/mol. The fraction of sp³-hybridized carbons (Fsp3) is 0.0385. The van der Waals surface area contributed by atoms with E-state index in [9.17, 15) is 9.18 Å². The van der Waals surface area contributed by atoms with Crippen LogP contribution in [0, 0.1) is 5.82 Å². The molecule has 0 atom stereocenters. The van der Waals surface area contributed by atoms with Gasteiger partial charge in [0, 0.05) is 20.5 Å². The molecule has 2 heterocycles. The molecule has 0 fully saturated rings. The maximum absolute atomic E-state index is 14.0. The van der Waals surface area contributed by atoms with E-state index in [1.54, 1.807) is 23.5 Å². The number of nitrogens with zero attached hydrogens (tertiary/aromatic N) is 3. The number of benzene rings is 3. The molecule has 1 amide bonds. The van der Waals surface area contributed by atoms with Crippen molar-refractivity contribution in [2.75, 3.05) is 4.90 Å². The van der Waals surface area contributed by atoms with Gasteiger partial charge in [-0.05, 0) is 60.2 Å². The van der Waals surface area contributed by atoms with Crippen LogP contribution in [0.3, 0.4) is 0 Å². The third kappa shape index (κ3) is 4.62. The maximum Gasteiger partial charge on any atom is 0.278 e. The first-order valence-electron chi connectivity index (χ1n) is 10.2. The molecule has 3 aromatic carbocycles. The Morgan fingerprint density at radius 1 is 0.939 bits per heavy atom. The largest absolute Gasteiger partial charge is 0.302 e. The zero-order chi connectivity index (χ0) is 22.8. The molecule has 5 rings (SSSR count). The van der Waals surface area contributed by atoms with E-state index < -0.39 is 5.82 Å². The van der Waals surface area contributed by atoms with Crippen LogP contribution in [0.1, 0.15) is 15.4 Å². The van der Waals surface area contributed by atoms with Crippen LogP contribution in [0.4, 0.5) is 10.1 Å². The van der Waals surface area contributed by atoms with Gasteiger partial charge in [0.2, 0.25) is 0 Å². The summed E-state index contributed by atoms with van der Waals surface area (Å²) in [6, 6.07) is 24.9. The Balaban J connectivity index is 1.49. The average molecular weight is 474 g/mol. The second-order valence-corrected chi connectivity index (χ2v) is 8.99. The predicted molar refractivity (Wildman–Crippen MR) is 131 cm³/mol. The van der Waals surface area contributed by atoms with E-state index in [2.05, 4.69) is 9.97 Å². The van der Waals surface area contributed by atoms with Crippen molar-refractivity contribution in [3.8, 4) is 10.4 Å². The Morgan fingerprint density at radius 3 is 2.52 bits per heavy atom. The number of hydrogen-bond donors (Lipinski definition) is 0. The first-order chi connectivity index (χ1) is 16.1. The molecule has 0 aliphatic rings. The summed E-state index contributed by atoms with van der Waals surface area (Å²) >= 11 is 7.57. The number of para-hydroxylation sites is 2. The van der Waals surface area contributed by atoms with Crippen molar-refractivity contribution in [3.63, 3.8) is 0 Å². The highest BCUT2D eigenvalue weighted by Crippen LogP contribution is 2.31. The highest BCUT2D eigenvalue weighted by molar-refractivity contribution is 7.15. The molecule has 0 aliphatic carbocycles. The van der Waals surface area contributed by atoms with Gasteiger partial charge < -0.3 is 4.90 Å². The van der Waals surface area contributed by atoms with Gasteiger partial charge in [0.1, 0.15) is 11.5 Å². The molecule has 0 unspecified atom stereocenters. The minimum Gasteiger partial charge on any atom is -0.302 e. The van der Waals surface area contributed by atoms with Crippen LogP contribution in [0.2, 0.25) is 5.02 Å². The molecule has 4 nitrogen and oxygen atoms in total. The molecular formula is C26H17ClFN3OS. The summed E-state index contributed by atoms with van der Waals surface area (Å²) in [5.41, 5.74) is 3.03. The van der Waals surface area contributed by atoms with Crippen molar-refractivity contribution in [1.82, 2.24) is 9.97 Å². The Bertz CT molecular complexity index is 1450. The van der Waals surface area contributed by atoms with E-state index in [0.29, 0.717) is 21.7 Å². The van der Waals surface area contributed by atoms with Crippen molar-refractivity contribution >= 4 is 45.6 Å². The number of halogens is 2. The van der Waals surface area contributed by atoms with E-state index in [-0.39, 0.29) is 18.1 Å². The molecule has 0 saturated heterocycles. The number of aromatic nitrogens is 2. The Labute approximate surface area is 198 Å². The van der Waals surface area contributed by atoms with Crippen LogP contribution in [0.15, 0.2) is 91.1 Å². The molecule has 0 aliphatic heterocycles. The van der Waals surface area contributed by atoms with Crippen molar-refractivity contribution in [2.45, 2.75) is 6.54 Å². The number of thiophene rings is 1. The number of anilines is 1. The van der Waals surface area contributed by atoms with Crippen LogP contribution in [0.5, 0.6) is 0 Å². The van der Waals surface area contributed by atoms with Crippen molar-refractivity contribution < 1.29 is 9.18 Å². The summed E-state index contributed by atoms with van der Waals surface area (Å²) in [6.45, 7) is 0.273. The highest BCUT2D eigenvalue weighted by Gasteiger charge is 2.21. The SMILES string of the molecule is O=C(c1cnc2ccccc2n1)N(Cc1ccc(-c2ccc(Cl)cc2)s1)c1cccc(F)c1. The topological polar surface area (TPSA) is 46.1 Å². The second kappa shape index (κ2) is 9.10. The number of carbonyl (C=O) groups is 1. The summed E-state index contributed by atoms with van der Waals surface area (Å²) < 4.78 is 14.0. The molecule has 0 N–H and O–H groups in total. The van der Waals surface area contributed by atoms with Gasteiger partial charge in [-0.15, -0.1) is 11.3 Å². The minimum atomic E-state index is -0.414. The monoisotopic (exact) mass is 473 g/mol. The first-order valence-corrected chi connectivity index (χ1v) is 11.4. The van der Waals surface area contributed by atoms with E-state index in [4.69, 9.17) is 11.6 Å². The average Bonchev–Trinajstić information content (AvgIpc) is 3.31. The summed E-state index contributed by atoms with van der Waals surface area (Å²) in [5, 5.41) is 0.676. The van der Waals surface area contributed by atoms with Crippen LogP contribution >= 0.6 is 22.9 Å². The Morgan fingerprint density at radius 2 is 1.73 bits per heavy atom. The van der Waals surface area contributed by atoms with Crippen LogP contribution in [-0.2, 0) is 6.54 Å². The molecule has 162 valence electrons. The van der Waals surface area contributed by atoms with Crippen molar-refractivity contribution in [3.05, 3.63) is 113 Å². The smallest absolute Gasteiger partial charge is 0.278 e. The number of rotatable bonds is 5. The van der Waals surface area contributed by atoms with Crippen LogP contribution in [-0.4, -0.2) is 15.9 Å². The van der Waals surface area contributed by atoms with Gasteiger partial charge in [-0.2, -0.15) is 0 Å². The zero-order valence-corrected chi connectivity index (χ0v) is 18.9. The van der Waals surface area contributed by atoms with Gasteiger partial charge in [0.05, 0.1) is 23.8 Å². The van der Waals surface area contributed by atoms with Gasteiger partial charge in [-0.1, -0.05) is 41.9 Å². The molecule has 5 aromatic rings. The quantitative estimate of drug-likeness (QED) is 0.276. The van der Waals surface area contributed by atoms with E-state index in [1.165, 1.54) is 23.2 Å². The normalized spacial score (nSPS) is 11.0. The summed E-state index contributed by atoms with van der Waals surface area (Å²) in [7, 11) is 0. The number of carbonyl (C=O) groups excluding carboxylic acids is 1. The molecule has 0 radical (unpaired) electrons. The molecule has 0 saturated carbocycles. The lowest BCUT2D eigenvalue weighted by molar-refractivity contribution is 0.0980. The van der Waals surface area contributed by atoms with E-state index >= 15 is 0 Å². The zero-order valence-electron chi connectivity index (χ0n) is 17.3. The molecule has 2 aromatic heterocycles. The maximum atomic E-state index is 14.0.